The highest BCUT2D eigenvalue weighted by Crippen LogP contribution is 2.52. The van der Waals surface area contributed by atoms with Crippen molar-refractivity contribution in [3.8, 4) is 0 Å². The Balaban J connectivity index is 1.06. The van der Waals surface area contributed by atoms with E-state index in [2.05, 4.69) is 73.0 Å². The number of hydrogen-bond donors (Lipinski definition) is 0. The molecule has 1 saturated carbocycles. The van der Waals surface area contributed by atoms with E-state index in [1.54, 1.807) is 11.8 Å². The monoisotopic (exact) mass is 538 g/mol. The van der Waals surface area contributed by atoms with Gasteiger partial charge in [0.15, 0.2) is 6.29 Å². The van der Waals surface area contributed by atoms with Gasteiger partial charge in [-0.1, -0.05) is 86.7 Å². The summed E-state index contributed by atoms with van der Waals surface area (Å²) in [7, 11) is 0. The van der Waals surface area contributed by atoms with Crippen LogP contribution in [0.3, 0.4) is 0 Å². The molecule has 1 aliphatic carbocycles. The summed E-state index contributed by atoms with van der Waals surface area (Å²) in [5, 5.41) is 2.59. The molecule has 0 spiro atoms. The van der Waals surface area contributed by atoms with Crippen molar-refractivity contribution in [3.05, 3.63) is 48.0 Å². The summed E-state index contributed by atoms with van der Waals surface area (Å²) in [5.41, 5.74) is 1.33. The summed E-state index contributed by atoms with van der Waals surface area (Å²) in [6, 6.07) is 15.3. The summed E-state index contributed by atoms with van der Waals surface area (Å²) < 4.78 is 14.4. The molecular formula is C31H42N2O2S2. The first-order chi connectivity index (χ1) is 18.0. The van der Waals surface area contributed by atoms with E-state index in [1.165, 1.54) is 42.0 Å². The van der Waals surface area contributed by atoms with Crippen molar-refractivity contribution in [1.29, 1.82) is 0 Å². The average Bonchev–Trinajstić information content (AvgIpc) is 3.09. The van der Waals surface area contributed by atoms with E-state index in [0.29, 0.717) is 23.9 Å². The number of ether oxygens (including phenoxy) is 2. The fraction of sp³-hybridized carbons (Fsp3) is 0.645. The van der Waals surface area contributed by atoms with E-state index in [9.17, 15) is 0 Å². The lowest BCUT2D eigenvalue weighted by molar-refractivity contribution is -0.306. The molecule has 2 aromatic carbocycles. The van der Waals surface area contributed by atoms with Crippen LogP contribution in [-0.4, -0.2) is 58.9 Å². The van der Waals surface area contributed by atoms with Gasteiger partial charge in [0.25, 0.3) is 0 Å². The largest absolute Gasteiger partial charge is 0.355 e. The zero-order valence-corrected chi connectivity index (χ0v) is 24.2. The Labute approximate surface area is 232 Å². The lowest BCUT2D eigenvalue weighted by Crippen LogP contribution is -2.61. The molecule has 3 heterocycles. The van der Waals surface area contributed by atoms with Crippen LogP contribution < -0.4 is 0 Å². The second kappa shape index (κ2) is 11.1. The summed E-state index contributed by atoms with van der Waals surface area (Å²) in [6.07, 6.45) is 5.58. The number of thioether (sulfide) groups is 1. The van der Waals surface area contributed by atoms with Gasteiger partial charge in [-0.05, 0) is 66.2 Å². The van der Waals surface area contributed by atoms with Crippen molar-refractivity contribution < 1.29 is 9.47 Å². The second-order valence-electron chi connectivity index (χ2n) is 12.0. The van der Waals surface area contributed by atoms with E-state index in [4.69, 9.17) is 21.7 Å². The predicted octanol–water partition coefficient (Wildman–Crippen LogP) is 6.77. The maximum Gasteiger partial charge on any atom is 0.163 e. The first-order valence-corrected chi connectivity index (χ1v) is 15.8. The van der Waals surface area contributed by atoms with Crippen LogP contribution in [0.2, 0.25) is 0 Å². The van der Waals surface area contributed by atoms with Crippen LogP contribution in [-0.2, 0) is 15.2 Å². The van der Waals surface area contributed by atoms with Crippen molar-refractivity contribution in [2.24, 2.45) is 29.6 Å². The molecule has 200 valence electrons. The number of hydrogen-bond acceptors (Lipinski definition) is 5. The SMILES string of the molecule is C[C@@H]1[C@@H]2CC[C@@H](C)[C@@H]3CC[C@H](C)O[C@@H](O[C@H]1N1CCN(C(=S)SCc4ccc5ccccc5c4)CC1)C23. The van der Waals surface area contributed by atoms with E-state index in [0.717, 1.165) is 48.1 Å². The molecule has 4 fully saturated rings. The predicted molar refractivity (Wildman–Crippen MR) is 157 cm³/mol. The van der Waals surface area contributed by atoms with Crippen LogP contribution in [0.4, 0.5) is 0 Å². The molecule has 4 aliphatic rings. The standard InChI is InChI=1S/C31H42N2O2S2/c1-20-8-12-27-22(3)29(35-30-28(27)26(20)13-9-21(2)34-30)32-14-16-33(17-15-32)31(36)37-19-23-10-11-24-6-4-5-7-25(24)18-23/h4-7,10-11,18,20-22,26-30H,8-9,12-17,19H2,1-3H3/t20-,21+,22-,26+,27+,28?,29-,30+/m1/s1. The first-order valence-electron chi connectivity index (χ1n) is 14.4. The molecule has 0 radical (unpaired) electrons. The minimum absolute atomic E-state index is 0.0342. The summed E-state index contributed by atoms with van der Waals surface area (Å²) in [5.74, 6) is 4.31. The third-order valence-corrected chi connectivity index (χ3v) is 11.4. The molecule has 37 heavy (non-hydrogen) atoms. The average molecular weight is 539 g/mol. The fourth-order valence-corrected chi connectivity index (χ4v) is 8.80. The number of nitrogens with zero attached hydrogens (tertiary/aromatic N) is 2. The molecule has 1 unspecified atom stereocenters. The smallest absolute Gasteiger partial charge is 0.163 e. The van der Waals surface area contributed by atoms with Crippen molar-refractivity contribution in [2.75, 3.05) is 26.2 Å². The van der Waals surface area contributed by atoms with Gasteiger partial charge >= 0.3 is 0 Å². The van der Waals surface area contributed by atoms with Crippen LogP contribution in [0, 0.1) is 29.6 Å². The number of fused-ring (bicyclic) bond motifs is 1. The van der Waals surface area contributed by atoms with Gasteiger partial charge in [0.2, 0.25) is 0 Å². The second-order valence-corrected chi connectivity index (χ2v) is 13.6. The molecule has 8 atom stereocenters. The minimum atomic E-state index is -0.0342. The van der Waals surface area contributed by atoms with Gasteiger partial charge in [-0.25, -0.2) is 0 Å². The number of thiocarbonyl (C=S) groups is 1. The fourth-order valence-electron chi connectivity index (χ4n) is 7.61. The summed E-state index contributed by atoms with van der Waals surface area (Å²) in [6.45, 7) is 11.1. The molecular weight excluding hydrogens is 496 g/mol. The lowest BCUT2D eigenvalue weighted by Gasteiger charge is -2.55. The van der Waals surface area contributed by atoms with Gasteiger partial charge in [-0.2, -0.15) is 0 Å². The number of benzene rings is 2. The van der Waals surface area contributed by atoms with Crippen molar-refractivity contribution >= 4 is 39.1 Å². The molecule has 0 N–H and O–H groups in total. The Kier molecular flexibility index (Phi) is 7.84. The Morgan fingerprint density at radius 2 is 1.65 bits per heavy atom. The highest BCUT2D eigenvalue weighted by atomic mass is 32.2. The maximum atomic E-state index is 6.86. The Morgan fingerprint density at radius 3 is 2.46 bits per heavy atom. The lowest BCUT2D eigenvalue weighted by atomic mass is 9.61. The Hall–Kier alpha value is -1.18. The third kappa shape index (κ3) is 5.34. The molecule has 3 aliphatic heterocycles. The van der Waals surface area contributed by atoms with Crippen LogP contribution >= 0.6 is 24.0 Å². The van der Waals surface area contributed by atoms with Gasteiger partial charge in [-0.15, -0.1) is 0 Å². The zero-order valence-electron chi connectivity index (χ0n) is 22.6. The van der Waals surface area contributed by atoms with Gasteiger partial charge in [0, 0.05) is 37.8 Å². The maximum absolute atomic E-state index is 6.86. The molecule has 3 saturated heterocycles. The van der Waals surface area contributed by atoms with Crippen LogP contribution in [0.25, 0.3) is 10.8 Å². The molecule has 0 bridgehead atoms. The molecule has 6 rings (SSSR count). The topological polar surface area (TPSA) is 24.9 Å². The van der Waals surface area contributed by atoms with Crippen molar-refractivity contribution in [1.82, 2.24) is 9.80 Å². The van der Waals surface area contributed by atoms with E-state index in [1.807, 2.05) is 0 Å². The van der Waals surface area contributed by atoms with Crippen LogP contribution in [0.15, 0.2) is 42.5 Å². The first kappa shape index (κ1) is 26.1. The molecule has 0 aromatic heterocycles. The van der Waals surface area contributed by atoms with Gasteiger partial charge in [0.05, 0.1) is 6.10 Å². The number of rotatable bonds is 3. The van der Waals surface area contributed by atoms with E-state index < -0.39 is 0 Å². The van der Waals surface area contributed by atoms with E-state index in [-0.39, 0.29) is 12.5 Å². The summed E-state index contributed by atoms with van der Waals surface area (Å²) >= 11 is 7.68. The highest BCUT2D eigenvalue weighted by Gasteiger charge is 2.53. The normalized spacial score (nSPS) is 36.7. The molecule has 4 nitrogen and oxygen atoms in total. The third-order valence-electron chi connectivity index (χ3n) is 9.77. The van der Waals surface area contributed by atoms with Gasteiger partial charge in [0.1, 0.15) is 10.5 Å². The van der Waals surface area contributed by atoms with Crippen LogP contribution in [0.1, 0.15) is 52.0 Å². The van der Waals surface area contributed by atoms with Crippen molar-refractivity contribution in [2.45, 2.75) is 70.8 Å². The molecule has 6 heteroatoms. The zero-order chi connectivity index (χ0) is 25.5. The Bertz CT molecular complexity index is 1100. The van der Waals surface area contributed by atoms with Crippen LogP contribution in [0.5, 0.6) is 0 Å². The Morgan fingerprint density at radius 1 is 0.892 bits per heavy atom. The number of piperazine rings is 1. The molecule has 0 amide bonds. The van der Waals surface area contributed by atoms with Gasteiger partial charge < -0.3 is 14.4 Å². The van der Waals surface area contributed by atoms with Crippen molar-refractivity contribution in [3.63, 3.8) is 0 Å². The van der Waals surface area contributed by atoms with E-state index >= 15 is 0 Å². The molecule has 2 aromatic rings. The van der Waals surface area contributed by atoms with Gasteiger partial charge in [-0.3, -0.25) is 4.90 Å². The highest BCUT2D eigenvalue weighted by molar-refractivity contribution is 8.22. The summed E-state index contributed by atoms with van der Waals surface area (Å²) in [4.78, 5) is 4.98. The quantitative estimate of drug-likeness (QED) is 0.400. The minimum Gasteiger partial charge on any atom is -0.355 e.